The van der Waals surface area contributed by atoms with E-state index in [1.54, 1.807) is 0 Å². The van der Waals surface area contributed by atoms with Gasteiger partial charge in [-0.1, -0.05) is 54.6 Å². The van der Waals surface area contributed by atoms with Crippen LogP contribution in [0.2, 0.25) is 0 Å². The molecule has 0 spiro atoms. The van der Waals surface area contributed by atoms with Crippen LogP contribution in [0.15, 0.2) is 105 Å². The van der Waals surface area contributed by atoms with Crippen molar-refractivity contribution in [2.75, 3.05) is 12.3 Å². The van der Waals surface area contributed by atoms with Crippen LogP contribution in [0.1, 0.15) is 6.23 Å². The number of benzene rings is 3. The SMILES string of the molecule is Nc1ccn([C@@H]2O[C@H](CO)[C@@H](O)[C@H]2O)c(=O)n1.O=C1N=CC2=c3ccccc3=NC2=N1.c1ccc2c(c1)[nH]c1ccccc12. The second kappa shape index (κ2) is 12.1. The van der Waals surface area contributed by atoms with Crippen molar-refractivity contribution >= 4 is 51.3 Å². The molecule has 0 bridgehead atoms. The number of nitrogens with one attached hydrogen (secondary N) is 1. The monoisotopic (exact) mass is 593 g/mol. The summed E-state index contributed by atoms with van der Waals surface area (Å²) in [5.74, 6) is 0.532. The van der Waals surface area contributed by atoms with Gasteiger partial charge in [0.05, 0.1) is 12.0 Å². The zero-order valence-electron chi connectivity index (χ0n) is 23.1. The summed E-state index contributed by atoms with van der Waals surface area (Å²) in [6.07, 6.45) is -1.74. The van der Waals surface area contributed by atoms with E-state index in [2.05, 4.69) is 73.5 Å². The maximum absolute atomic E-state index is 11.5. The number of carbonyl (C=O) groups is 1. The lowest BCUT2D eigenvalue weighted by molar-refractivity contribution is -0.0549. The van der Waals surface area contributed by atoms with Crippen LogP contribution >= 0.6 is 0 Å². The van der Waals surface area contributed by atoms with Crippen molar-refractivity contribution in [3.05, 3.63) is 106 Å². The number of aromatic nitrogens is 3. The molecule has 0 aliphatic carbocycles. The number of aliphatic hydroxyl groups excluding tert-OH is 3. The maximum Gasteiger partial charge on any atom is 0.369 e. The van der Waals surface area contributed by atoms with Crippen LogP contribution in [-0.4, -0.2) is 72.9 Å². The Morgan fingerprint density at radius 2 is 1.52 bits per heavy atom. The van der Waals surface area contributed by atoms with Gasteiger partial charge in [-0.05, 0) is 24.3 Å². The van der Waals surface area contributed by atoms with Crippen LogP contribution in [0.5, 0.6) is 0 Å². The van der Waals surface area contributed by atoms with Gasteiger partial charge in [-0.2, -0.15) is 15.0 Å². The number of nitrogens with two attached hydrogens (primary N) is 1. The van der Waals surface area contributed by atoms with E-state index in [1.165, 1.54) is 40.3 Å². The fourth-order valence-electron chi connectivity index (χ4n) is 5.07. The molecule has 8 rings (SSSR count). The van der Waals surface area contributed by atoms with E-state index >= 15 is 0 Å². The van der Waals surface area contributed by atoms with Gasteiger partial charge in [0.25, 0.3) is 0 Å². The fraction of sp³-hybridized carbons (Fsp3) is 0.161. The molecule has 1 saturated heterocycles. The van der Waals surface area contributed by atoms with Crippen molar-refractivity contribution in [3.63, 3.8) is 0 Å². The van der Waals surface area contributed by atoms with Crippen LogP contribution in [0.4, 0.5) is 10.6 Å². The number of aliphatic hydroxyl groups is 3. The van der Waals surface area contributed by atoms with E-state index < -0.39 is 42.9 Å². The van der Waals surface area contributed by atoms with Crippen molar-refractivity contribution in [1.29, 1.82) is 0 Å². The van der Waals surface area contributed by atoms with E-state index in [0.717, 1.165) is 20.7 Å². The summed E-state index contributed by atoms with van der Waals surface area (Å²) >= 11 is 0. The average molecular weight is 594 g/mol. The zero-order valence-corrected chi connectivity index (χ0v) is 23.1. The van der Waals surface area contributed by atoms with Crippen molar-refractivity contribution < 1.29 is 24.9 Å². The first-order valence-corrected chi connectivity index (χ1v) is 13.6. The number of aromatic amines is 1. The van der Waals surface area contributed by atoms with Crippen LogP contribution in [-0.2, 0) is 4.74 Å². The Morgan fingerprint density at radius 1 is 0.864 bits per heavy atom. The molecule has 5 heterocycles. The molecule has 6 N–H and O–H groups in total. The van der Waals surface area contributed by atoms with Crippen molar-refractivity contribution in [3.8, 4) is 0 Å². The van der Waals surface area contributed by atoms with Gasteiger partial charge in [-0.25, -0.2) is 14.6 Å². The van der Waals surface area contributed by atoms with E-state index in [-0.39, 0.29) is 5.82 Å². The minimum atomic E-state index is -1.31. The molecule has 0 saturated carbocycles. The normalized spacial score (nSPS) is 21.5. The molecule has 3 aliphatic rings. The number of ether oxygens (including phenoxy) is 1. The number of nitrogen functional groups attached to an aromatic ring is 1. The number of aliphatic imine (C=N–C) groups is 2. The first-order valence-electron chi connectivity index (χ1n) is 13.6. The van der Waals surface area contributed by atoms with Gasteiger partial charge in [0, 0.05) is 45.0 Å². The highest BCUT2D eigenvalue weighted by Crippen LogP contribution is 2.28. The molecule has 4 atom stereocenters. The number of amides is 2. The smallest absolute Gasteiger partial charge is 0.369 e. The third-order valence-corrected chi connectivity index (χ3v) is 7.22. The lowest BCUT2D eigenvalue weighted by atomic mass is 10.1. The predicted molar refractivity (Wildman–Crippen MR) is 164 cm³/mol. The summed E-state index contributed by atoms with van der Waals surface area (Å²) in [5.41, 5.74) is 7.89. The Balaban J connectivity index is 0.000000118. The van der Waals surface area contributed by atoms with E-state index in [1.807, 2.05) is 24.3 Å². The minimum absolute atomic E-state index is 0.0537. The second-order valence-corrected chi connectivity index (χ2v) is 10.0. The number of hydrogen-bond donors (Lipinski definition) is 5. The Bertz CT molecular complexity index is 2070. The maximum atomic E-state index is 11.5. The van der Waals surface area contributed by atoms with Gasteiger partial charge < -0.3 is 30.8 Å². The van der Waals surface area contributed by atoms with Gasteiger partial charge in [-0.3, -0.25) is 4.57 Å². The molecule has 3 aromatic carbocycles. The lowest BCUT2D eigenvalue weighted by Crippen LogP contribution is -2.36. The highest BCUT2D eigenvalue weighted by molar-refractivity contribution is 6.41. The van der Waals surface area contributed by atoms with Gasteiger partial charge in [0.15, 0.2) is 12.1 Å². The fourth-order valence-corrected chi connectivity index (χ4v) is 5.07. The topological polar surface area (TPSA) is 201 Å². The number of rotatable bonds is 2. The molecule has 1 fully saturated rings. The van der Waals surface area contributed by atoms with Gasteiger partial charge in [0.1, 0.15) is 24.1 Å². The third kappa shape index (κ3) is 5.55. The summed E-state index contributed by atoms with van der Waals surface area (Å²) in [7, 11) is 0. The van der Waals surface area contributed by atoms with Gasteiger partial charge in [0.2, 0.25) is 0 Å². The molecule has 13 nitrogen and oxygen atoms in total. The molecule has 13 heteroatoms. The summed E-state index contributed by atoms with van der Waals surface area (Å²) in [6.45, 7) is -0.453. The predicted octanol–water partition coefficient (Wildman–Crippen LogP) is 0.832. The summed E-state index contributed by atoms with van der Waals surface area (Å²) < 4.78 is 6.19. The first kappa shape index (κ1) is 28.8. The number of carbonyl (C=O) groups excluding carboxylic acids is 1. The molecule has 2 aromatic heterocycles. The van der Waals surface area contributed by atoms with Crippen molar-refractivity contribution in [1.82, 2.24) is 14.5 Å². The van der Waals surface area contributed by atoms with E-state index in [0.29, 0.717) is 5.84 Å². The van der Waals surface area contributed by atoms with Crippen molar-refractivity contribution in [2.24, 2.45) is 15.0 Å². The van der Waals surface area contributed by atoms with Crippen LogP contribution in [0.25, 0.3) is 27.4 Å². The van der Waals surface area contributed by atoms with Gasteiger partial charge >= 0.3 is 11.7 Å². The first-order chi connectivity index (χ1) is 21.3. The Kier molecular flexibility index (Phi) is 7.91. The standard InChI is InChI=1S/C12H9N.C10H5N3O.C9H13N3O5/c1-3-7-11-9(5-1)10-6-2-4-8-12(10)13-11;14-10-11-5-7-6-3-1-2-4-8(6)12-9(7)13-10;10-5-1-2-12(9(16)11-5)8-7(15)6(14)4(3-13)17-8/h1-8,13H;1-5H;1-2,4,6-8,13-15H,3H2,(H2,10,11,16)/t;;4-,6-,7-,8-/m..1/s1. The van der Waals surface area contributed by atoms with E-state index in [4.69, 9.17) is 15.6 Å². The highest BCUT2D eigenvalue weighted by atomic mass is 16.6. The number of fused-ring (bicyclic) bond motifs is 5. The van der Waals surface area contributed by atoms with Gasteiger partial charge in [-0.15, -0.1) is 0 Å². The number of para-hydroxylation sites is 3. The average Bonchev–Trinajstić information content (AvgIpc) is 3.68. The summed E-state index contributed by atoms with van der Waals surface area (Å²) in [4.78, 5) is 40.8. The van der Waals surface area contributed by atoms with Crippen LogP contribution in [0.3, 0.4) is 0 Å². The second-order valence-electron chi connectivity index (χ2n) is 10.0. The summed E-state index contributed by atoms with van der Waals surface area (Å²) in [6, 6.07) is 25.3. The highest BCUT2D eigenvalue weighted by Gasteiger charge is 2.43. The lowest BCUT2D eigenvalue weighted by Gasteiger charge is -2.16. The zero-order chi connectivity index (χ0) is 30.8. The van der Waals surface area contributed by atoms with Crippen LogP contribution in [0, 0.1) is 0 Å². The summed E-state index contributed by atoms with van der Waals surface area (Å²) in [5, 5.41) is 32.6. The Hall–Kier alpha value is -5.34. The Morgan fingerprint density at radius 3 is 2.18 bits per heavy atom. The molecule has 2 amide bonds. The molecule has 44 heavy (non-hydrogen) atoms. The number of anilines is 1. The molecule has 3 aliphatic heterocycles. The minimum Gasteiger partial charge on any atom is -0.394 e. The molecule has 0 unspecified atom stereocenters. The molecule has 222 valence electrons. The van der Waals surface area contributed by atoms with Crippen molar-refractivity contribution in [2.45, 2.75) is 24.5 Å². The number of nitrogens with zero attached hydrogens (tertiary/aromatic N) is 5. The molecular weight excluding hydrogens is 566 g/mol. The number of hydrogen-bond acceptors (Lipinski definition) is 9. The quantitative estimate of drug-likeness (QED) is 0.198. The Labute approximate surface area is 248 Å². The molecular formula is C31H27N7O6. The molecule has 5 aromatic rings. The molecule has 0 radical (unpaired) electrons. The number of urea groups is 1. The number of amidine groups is 1. The van der Waals surface area contributed by atoms with Crippen LogP contribution < -0.4 is 22.0 Å². The van der Waals surface area contributed by atoms with E-state index in [9.17, 15) is 19.8 Å². The number of H-pyrrole nitrogens is 1. The largest absolute Gasteiger partial charge is 0.394 e. The third-order valence-electron chi connectivity index (χ3n) is 7.22.